The lowest BCUT2D eigenvalue weighted by atomic mass is 10.1. The quantitative estimate of drug-likeness (QED) is 0.0958. The summed E-state index contributed by atoms with van der Waals surface area (Å²) in [5.41, 5.74) is 0. The largest absolute Gasteiger partial charge is 0.469 e. The molecule has 0 radical (unpaired) electrons. The number of methoxy groups -OCH3 is 1. The summed E-state index contributed by atoms with van der Waals surface area (Å²) in [6, 6.07) is 0. The highest BCUT2D eigenvalue weighted by atomic mass is 127. The van der Waals surface area contributed by atoms with Crippen LogP contribution in [-0.4, -0.2) is 39.2 Å². The van der Waals surface area contributed by atoms with Gasteiger partial charge in [-0.2, -0.15) is 0 Å². The molecule has 5 nitrogen and oxygen atoms in total. The summed E-state index contributed by atoms with van der Waals surface area (Å²) in [7, 11) is -0.549. The first-order valence-corrected chi connectivity index (χ1v) is 16.7. The minimum atomic E-state index is -1.97. The molecule has 0 aromatic rings. The van der Waals surface area contributed by atoms with Crippen molar-refractivity contribution in [1.29, 1.82) is 0 Å². The van der Waals surface area contributed by atoms with Crippen LogP contribution in [0.4, 0.5) is 0 Å². The lowest BCUT2D eigenvalue weighted by Gasteiger charge is -2.39. The monoisotopic (exact) mass is 596 g/mol. The maximum absolute atomic E-state index is 12.3. The van der Waals surface area contributed by atoms with E-state index in [1.165, 1.54) is 7.11 Å². The first-order valence-electron chi connectivity index (χ1n) is 11.5. The lowest BCUT2D eigenvalue weighted by molar-refractivity contribution is -0.141. The van der Waals surface area contributed by atoms with Gasteiger partial charge in [-0.1, -0.05) is 62.8 Å². The van der Waals surface area contributed by atoms with E-state index in [1.54, 1.807) is 11.8 Å². The van der Waals surface area contributed by atoms with Gasteiger partial charge in [-0.25, -0.2) is 0 Å². The lowest BCUT2D eigenvalue weighted by Crippen LogP contribution is -2.45. The molecule has 0 amide bonds. The van der Waals surface area contributed by atoms with Crippen molar-refractivity contribution in [2.24, 2.45) is 5.92 Å². The normalized spacial score (nSPS) is 19.6. The molecule has 0 unspecified atom stereocenters. The molecular weight excluding hydrogens is 555 g/mol. The molecule has 0 aromatic carbocycles. The highest BCUT2D eigenvalue weighted by Crippen LogP contribution is 2.46. The Morgan fingerprint density at radius 2 is 1.84 bits per heavy atom. The van der Waals surface area contributed by atoms with Gasteiger partial charge in [-0.05, 0) is 47.2 Å². The SMILES string of the molecule is CCCC(=O)OC1=C(SCCCCCC(=O)OC)[C@@H](/C=C/I)[C@H](O[Si](C)(C)C(C)(C)C)C1. The van der Waals surface area contributed by atoms with E-state index in [4.69, 9.17) is 13.9 Å². The molecule has 0 saturated carbocycles. The van der Waals surface area contributed by atoms with Crippen molar-refractivity contribution in [1.82, 2.24) is 0 Å². The zero-order valence-electron chi connectivity index (χ0n) is 20.8. The second-order valence-electron chi connectivity index (χ2n) is 9.71. The number of esters is 2. The summed E-state index contributed by atoms with van der Waals surface area (Å²) < 4.78 is 19.4. The molecule has 0 aromatic heterocycles. The van der Waals surface area contributed by atoms with E-state index in [-0.39, 0.29) is 29.0 Å². The highest BCUT2D eigenvalue weighted by Gasteiger charge is 2.44. The standard InChI is InChI=1S/C24H41IO5SSi/c1-8-12-22(27)29-20-17-19(30-32(6,7)24(2,3)4)18(14-15-25)23(20)31-16-11-9-10-13-21(26)28-5/h14-15,18-19H,8-13,16-17H2,1-7H3/b15-14+/t18-,19+/m0/s1. The molecule has 0 N–H and O–H groups in total. The van der Waals surface area contributed by atoms with Crippen molar-refractivity contribution in [3.63, 3.8) is 0 Å². The van der Waals surface area contributed by atoms with Gasteiger partial charge in [-0.15, -0.1) is 11.8 Å². The first kappa shape index (κ1) is 29.7. The fourth-order valence-electron chi connectivity index (χ4n) is 3.22. The molecule has 1 aliphatic carbocycles. The summed E-state index contributed by atoms with van der Waals surface area (Å²) in [4.78, 5) is 24.7. The van der Waals surface area contributed by atoms with Crippen molar-refractivity contribution in [2.45, 2.75) is 96.9 Å². The molecule has 8 heteroatoms. The Morgan fingerprint density at radius 1 is 1.16 bits per heavy atom. The molecule has 32 heavy (non-hydrogen) atoms. The van der Waals surface area contributed by atoms with Crippen molar-refractivity contribution < 1.29 is 23.5 Å². The van der Waals surface area contributed by atoms with Crippen LogP contribution in [0.1, 0.15) is 72.6 Å². The summed E-state index contributed by atoms with van der Waals surface area (Å²) in [6.45, 7) is 13.3. The van der Waals surface area contributed by atoms with Gasteiger partial charge in [0.25, 0.3) is 0 Å². The van der Waals surface area contributed by atoms with Crippen LogP contribution in [0.15, 0.2) is 20.8 Å². The van der Waals surface area contributed by atoms with Crippen LogP contribution >= 0.6 is 34.4 Å². The molecule has 0 fully saturated rings. The molecule has 0 saturated heterocycles. The Morgan fingerprint density at radius 3 is 2.41 bits per heavy atom. The summed E-state index contributed by atoms with van der Waals surface area (Å²) in [5.74, 6) is 1.49. The fourth-order valence-corrected chi connectivity index (χ4v) is 6.28. The van der Waals surface area contributed by atoms with Gasteiger partial charge in [0.05, 0.1) is 13.2 Å². The Hall–Kier alpha value is -0.323. The molecule has 184 valence electrons. The first-order chi connectivity index (χ1) is 15.0. The van der Waals surface area contributed by atoms with Gasteiger partial charge in [0.15, 0.2) is 8.32 Å². The third-order valence-corrected chi connectivity index (χ3v) is 12.3. The molecule has 0 aliphatic heterocycles. The van der Waals surface area contributed by atoms with Gasteiger partial charge in [0.2, 0.25) is 0 Å². The van der Waals surface area contributed by atoms with E-state index in [2.05, 4.69) is 62.5 Å². The molecule has 1 aliphatic rings. The molecule has 0 spiro atoms. The maximum Gasteiger partial charge on any atom is 0.310 e. The second-order valence-corrected chi connectivity index (χ2v) is 16.3. The fraction of sp³-hybridized carbons (Fsp3) is 0.750. The molecular formula is C24H41IO5SSi. The summed E-state index contributed by atoms with van der Waals surface area (Å²) >= 11 is 4.02. The number of halogens is 1. The topological polar surface area (TPSA) is 61.8 Å². The highest BCUT2D eigenvalue weighted by molar-refractivity contribution is 14.1. The number of thioether (sulfide) groups is 1. The number of rotatable bonds is 13. The number of hydrogen-bond acceptors (Lipinski definition) is 6. The number of unbranched alkanes of at least 4 members (excludes halogenated alkanes) is 2. The van der Waals surface area contributed by atoms with Crippen molar-refractivity contribution >= 4 is 54.6 Å². The Labute approximate surface area is 213 Å². The molecule has 0 bridgehead atoms. The summed E-state index contributed by atoms with van der Waals surface area (Å²) in [6.07, 6.45) is 7.27. The van der Waals surface area contributed by atoms with Gasteiger partial charge >= 0.3 is 11.9 Å². The van der Waals surface area contributed by atoms with Crippen molar-refractivity contribution in [3.8, 4) is 0 Å². The molecule has 2 atom stereocenters. The third kappa shape index (κ3) is 9.50. The minimum Gasteiger partial charge on any atom is -0.469 e. The Balaban J connectivity index is 2.94. The van der Waals surface area contributed by atoms with Crippen LogP contribution in [0.3, 0.4) is 0 Å². The zero-order valence-corrected chi connectivity index (χ0v) is 24.8. The number of hydrogen-bond donors (Lipinski definition) is 0. The van der Waals surface area contributed by atoms with Crippen LogP contribution in [0.5, 0.6) is 0 Å². The van der Waals surface area contributed by atoms with Crippen molar-refractivity contribution in [2.75, 3.05) is 12.9 Å². The van der Waals surface area contributed by atoms with Crippen LogP contribution in [0, 0.1) is 5.92 Å². The Kier molecular flexibility index (Phi) is 13.1. The molecule has 1 rings (SSSR count). The van der Waals surface area contributed by atoms with Crippen LogP contribution in [0.25, 0.3) is 0 Å². The average Bonchev–Trinajstić information content (AvgIpc) is 2.99. The van der Waals surface area contributed by atoms with Crippen LogP contribution < -0.4 is 0 Å². The minimum absolute atomic E-state index is 0.00633. The maximum atomic E-state index is 12.3. The number of ether oxygens (including phenoxy) is 2. The van der Waals surface area contributed by atoms with Gasteiger partial charge < -0.3 is 13.9 Å². The van der Waals surface area contributed by atoms with E-state index >= 15 is 0 Å². The predicted octanol–water partition coefficient (Wildman–Crippen LogP) is 7.37. The predicted molar refractivity (Wildman–Crippen MR) is 144 cm³/mol. The third-order valence-electron chi connectivity index (χ3n) is 6.10. The molecule has 0 heterocycles. The van der Waals surface area contributed by atoms with E-state index in [9.17, 15) is 9.59 Å². The summed E-state index contributed by atoms with van der Waals surface area (Å²) in [5, 5.41) is 0.111. The van der Waals surface area contributed by atoms with Gasteiger partial charge in [-0.3, -0.25) is 9.59 Å². The van der Waals surface area contributed by atoms with Crippen LogP contribution in [0.2, 0.25) is 18.1 Å². The van der Waals surface area contributed by atoms with E-state index in [1.807, 2.05) is 11.0 Å². The van der Waals surface area contributed by atoms with Crippen molar-refractivity contribution in [3.05, 3.63) is 20.8 Å². The van der Waals surface area contributed by atoms with E-state index in [0.29, 0.717) is 19.3 Å². The average molecular weight is 597 g/mol. The smallest absolute Gasteiger partial charge is 0.310 e. The number of carbonyl (C=O) groups excluding carboxylic acids is 2. The van der Waals surface area contributed by atoms with Gasteiger partial charge in [0, 0.05) is 30.1 Å². The van der Waals surface area contributed by atoms with Crippen LogP contribution in [-0.2, 0) is 23.5 Å². The zero-order chi connectivity index (χ0) is 24.4. The number of carbonyl (C=O) groups is 2. The van der Waals surface area contributed by atoms with E-state index in [0.717, 1.165) is 42.1 Å². The van der Waals surface area contributed by atoms with Gasteiger partial charge in [0.1, 0.15) is 5.76 Å². The second kappa shape index (κ2) is 14.2. The Bertz CT molecular complexity index is 684. The van der Waals surface area contributed by atoms with E-state index < -0.39 is 8.32 Å².